The average molecular weight is 366 g/mol. The molecule has 1 aliphatic carbocycles. The highest BCUT2D eigenvalue weighted by Gasteiger charge is 2.37. The molecule has 0 bridgehead atoms. The van der Waals surface area contributed by atoms with Gasteiger partial charge >= 0.3 is 0 Å². The summed E-state index contributed by atoms with van der Waals surface area (Å²) in [6.07, 6.45) is 6.82. The van der Waals surface area contributed by atoms with Crippen molar-refractivity contribution in [3.63, 3.8) is 0 Å². The van der Waals surface area contributed by atoms with Gasteiger partial charge in [-0.2, -0.15) is 0 Å². The van der Waals surface area contributed by atoms with Crippen LogP contribution in [-0.4, -0.2) is 34.8 Å². The van der Waals surface area contributed by atoms with E-state index in [1.54, 1.807) is 24.3 Å². The lowest BCUT2D eigenvalue weighted by Crippen LogP contribution is -2.48. The van der Waals surface area contributed by atoms with Crippen LogP contribution in [0.4, 0.5) is 5.69 Å². The molecular formula is C19H28ClN3O2. The second-order valence-corrected chi connectivity index (χ2v) is 7.24. The molecule has 1 unspecified atom stereocenters. The summed E-state index contributed by atoms with van der Waals surface area (Å²) in [5.74, 6) is -0.0464. The third kappa shape index (κ3) is 4.33. The number of amides is 2. The number of nitrogens with two attached hydrogens (primary N) is 1. The first-order chi connectivity index (χ1) is 11.5. The number of piperidine rings is 1. The Kier molecular flexibility index (Phi) is 6.47. The van der Waals surface area contributed by atoms with E-state index in [1.165, 1.54) is 6.42 Å². The van der Waals surface area contributed by atoms with E-state index in [0.29, 0.717) is 17.3 Å². The van der Waals surface area contributed by atoms with Gasteiger partial charge in [-0.25, -0.2) is 0 Å². The molecule has 25 heavy (non-hydrogen) atoms. The number of carbonyl (C=O) groups is 2. The lowest BCUT2D eigenvalue weighted by atomic mass is 9.98. The van der Waals surface area contributed by atoms with E-state index in [-0.39, 0.29) is 24.2 Å². The molecule has 6 heteroatoms. The summed E-state index contributed by atoms with van der Waals surface area (Å²) < 4.78 is 0. The van der Waals surface area contributed by atoms with Gasteiger partial charge in [0, 0.05) is 23.8 Å². The van der Waals surface area contributed by atoms with Crippen LogP contribution in [0.25, 0.3) is 0 Å². The zero-order valence-electron chi connectivity index (χ0n) is 14.8. The van der Waals surface area contributed by atoms with Crippen molar-refractivity contribution in [3.05, 3.63) is 29.8 Å². The summed E-state index contributed by atoms with van der Waals surface area (Å²) >= 11 is 0. The number of benzene rings is 1. The largest absolute Gasteiger partial charge is 0.336 e. The van der Waals surface area contributed by atoms with Crippen LogP contribution in [0.1, 0.15) is 62.2 Å². The van der Waals surface area contributed by atoms with Crippen molar-refractivity contribution in [2.75, 3.05) is 11.9 Å². The zero-order valence-corrected chi connectivity index (χ0v) is 15.6. The molecule has 1 heterocycles. The van der Waals surface area contributed by atoms with Crippen molar-refractivity contribution in [3.8, 4) is 0 Å². The molecule has 0 aromatic heterocycles. The smallest absolute Gasteiger partial charge is 0.254 e. The Labute approximate surface area is 155 Å². The number of hydrogen-bond acceptors (Lipinski definition) is 3. The first kappa shape index (κ1) is 19.7. The topological polar surface area (TPSA) is 75.4 Å². The highest BCUT2D eigenvalue weighted by Crippen LogP contribution is 2.28. The Bertz CT molecular complexity index is 612. The predicted octanol–water partition coefficient (Wildman–Crippen LogP) is 3.33. The van der Waals surface area contributed by atoms with Gasteiger partial charge in [0.15, 0.2) is 0 Å². The summed E-state index contributed by atoms with van der Waals surface area (Å²) in [5, 5.41) is 2.89. The molecule has 1 atom stereocenters. The number of halogens is 1. The van der Waals surface area contributed by atoms with E-state index in [1.807, 2.05) is 4.90 Å². The first-order valence-corrected chi connectivity index (χ1v) is 9.01. The van der Waals surface area contributed by atoms with Crippen LogP contribution in [0, 0.1) is 0 Å². The van der Waals surface area contributed by atoms with Gasteiger partial charge in [-0.15, -0.1) is 12.4 Å². The molecule has 0 spiro atoms. The van der Waals surface area contributed by atoms with Crippen LogP contribution in [0.5, 0.6) is 0 Å². The lowest BCUT2D eigenvalue weighted by molar-refractivity contribution is -0.121. The Hall–Kier alpha value is -1.59. The normalized spacial score (nSPS) is 22.2. The number of carbonyl (C=O) groups excluding carboxylic acids is 2. The van der Waals surface area contributed by atoms with Crippen LogP contribution in [-0.2, 0) is 4.79 Å². The molecule has 3 N–H and O–H groups in total. The molecule has 2 fully saturated rings. The van der Waals surface area contributed by atoms with Gasteiger partial charge in [0.05, 0.1) is 5.54 Å². The van der Waals surface area contributed by atoms with Crippen LogP contribution in [0.2, 0.25) is 0 Å². The molecule has 5 nitrogen and oxygen atoms in total. The van der Waals surface area contributed by atoms with Crippen molar-refractivity contribution in [2.24, 2.45) is 5.73 Å². The number of likely N-dealkylation sites (tertiary alicyclic amines) is 1. The maximum Gasteiger partial charge on any atom is 0.254 e. The van der Waals surface area contributed by atoms with Crippen molar-refractivity contribution < 1.29 is 9.59 Å². The Morgan fingerprint density at radius 2 is 1.76 bits per heavy atom. The minimum Gasteiger partial charge on any atom is -0.336 e. The second kappa shape index (κ2) is 8.19. The van der Waals surface area contributed by atoms with Crippen molar-refractivity contribution in [1.82, 2.24) is 4.90 Å². The molecule has 2 aliphatic rings. The number of rotatable bonds is 3. The van der Waals surface area contributed by atoms with Gasteiger partial charge in [-0.3, -0.25) is 9.59 Å². The summed E-state index contributed by atoms with van der Waals surface area (Å²) in [6.45, 7) is 2.93. The fourth-order valence-electron chi connectivity index (χ4n) is 3.75. The fourth-order valence-corrected chi connectivity index (χ4v) is 3.75. The van der Waals surface area contributed by atoms with Gasteiger partial charge in [0.1, 0.15) is 0 Å². The maximum atomic E-state index is 12.6. The van der Waals surface area contributed by atoms with Gasteiger partial charge in [-0.05, 0) is 63.3 Å². The lowest BCUT2D eigenvalue weighted by Gasteiger charge is -2.33. The van der Waals surface area contributed by atoms with E-state index >= 15 is 0 Å². The summed E-state index contributed by atoms with van der Waals surface area (Å²) in [4.78, 5) is 26.9. The van der Waals surface area contributed by atoms with Gasteiger partial charge in [-0.1, -0.05) is 12.8 Å². The van der Waals surface area contributed by atoms with Gasteiger partial charge < -0.3 is 16.0 Å². The summed E-state index contributed by atoms with van der Waals surface area (Å²) in [6, 6.07) is 7.45. The molecule has 1 aromatic rings. The molecule has 2 amide bonds. The SMILES string of the molecule is CC1CCCCN1C(=O)c1ccc(NC(=O)C2(N)CCCC2)cc1.Cl. The average Bonchev–Trinajstić information content (AvgIpc) is 3.03. The highest BCUT2D eigenvalue weighted by atomic mass is 35.5. The molecule has 3 rings (SSSR count). The van der Waals surface area contributed by atoms with Crippen molar-refractivity contribution >= 4 is 29.9 Å². The number of hydrogen-bond donors (Lipinski definition) is 2. The molecule has 1 saturated carbocycles. The van der Waals surface area contributed by atoms with E-state index in [4.69, 9.17) is 5.73 Å². The molecule has 1 saturated heterocycles. The van der Waals surface area contributed by atoms with Crippen molar-refractivity contribution in [1.29, 1.82) is 0 Å². The van der Waals surface area contributed by atoms with E-state index in [2.05, 4.69) is 12.2 Å². The minimum absolute atomic E-state index is 0. The van der Waals surface area contributed by atoms with Gasteiger partial charge in [0.25, 0.3) is 5.91 Å². The Morgan fingerprint density at radius 1 is 1.12 bits per heavy atom. The minimum atomic E-state index is -0.738. The molecule has 1 aromatic carbocycles. The Morgan fingerprint density at radius 3 is 2.36 bits per heavy atom. The van der Waals surface area contributed by atoms with Crippen LogP contribution in [0.3, 0.4) is 0 Å². The molecule has 1 aliphatic heterocycles. The summed E-state index contributed by atoms with van der Waals surface area (Å²) in [5.41, 5.74) is 6.80. The molecular weight excluding hydrogens is 338 g/mol. The zero-order chi connectivity index (χ0) is 17.2. The Balaban J connectivity index is 0.00000225. The second-order valence-electron chi connectivity index (χ2n) is 7.24. The standard InChI is InChI=1S/C19H27N3O2.ClH/c1-14-6-2-5-13-22(14)17(23)15-7-9-16(10-8-15)21-18(24)19(20)11-3-4-12-19;/h7-10,14H,2-6,11-13,20H2,1H3,(H,21,24);1H. The predicted molar refractivity (Wildman–Crippen MR) is 102 cm³/mol. The first-order valence-electron chi connectivity index (χ1n) is 9.01. The van der Waals surface area contributed by atoms with Crippen LogP contribution >= 0.6 is 12.4 Å². The third-order valence-electron chi connectivity index (χ3n) is 5.40. The number of anilines is 1. The monoisotopic (exact) mass is 365 g/mol. The number of nitrogens with one attached hydrogen (secondary N) is 1. The van der Waals surface area contributed by atoms with E-state index in [9.17, 15) is 9.59 Å². The van der Waals surface area contributed by atoms with Crippen LogP contribution in [0.15, 0.2) is 24.3 Å². The maximum absolute atomic E-state index is 12.6. The number of nitrogens with zero attached hydrogens (tertiary/aromatic N) is 1. The van der Waals surface area contributed by atoms with E-state index in [0.717, 1.165) is 45.1 Å². The third-order valence-corrected chi connectivity index (χ3v) is 5.40. The van der Waals surface area contributed by atoms with Gasteiger partial charge in [0.2, 0.25) is 5.91 Å². The highest BCUT2D eigenvalue weighted by molar-refractivity contribution is 5.99. The molecule has 0 radical (unpaired) electrons. The molecule has 138 valence electrons. The summed E-state index contributed by atoms with van der Waals surface area (Å²) in [7, 11) is 0. The van der Waals surface area contributed by atoms with Crippen molar-refractivity contribution in [2.45, 2.75) is 63.5 Å². The fraction of sp³-hybridized carbons (Fsp3) is 0.579. The van der Waals surface area contributed by atoms with Crippen LogP contribution < -0.4 is 11.1 Å². The van der Waals surface area contributed by atoms with E-state index < -0.39 is 5.54 Å². The quantitative estimate of drug-likeness (QED) is 0.862.